The van der Waals surface area contributed by atoms with Crippen LogP contribution in [-0.4, -0.2) is 27.0 Å². The number of nitrogens with zero attached hydrogens (tertiary/aromatic N) is 3. The zero-order valence-electron chi connectivity index (χ0n) is 16.6. The molecule has 0 bridgehead atoms. The van der Waals surface area contributed by atoms with E-state index in [0.29, 0.717) is 28.4 Å². The van der Waals surface area contributed by atoms with E-state index in [1.54, 1.807) is 41.8 Å². The molecule has 0 saturated carbocycles. The maximum absolute atomic E-state index is 14.2. The molecule has 0 unspecified atom stereocenters. The summed E-state index contributed by atoms with van der Waals surface area (Å²) in [6, 6.07) is 11.3. The molecule has 4 aromatic rings. The summed E-state index contributed by atoms with van der Waals surface area (Å²) in [6.07, 6.45) is 3.22. The van der Waals surface area contributed by atoms with Crippen molar-refractivity contribution in [1.82, 2.24) is 9.97 Å². The van der Waals surface area contributed by atoms with E-state index in [0.717, 1.165) is 22.3 Å². The van der Waals surface area contributed by atoms with E-state index in [9.17, 15) is 23.5 Å². The minimum absolute atomic E-state index is 0.105. The quantitative estimate of drug-likeness (QED) is 0.432. The maximum atomic E-state index is 14.2. The molecule has 0 aliphatic carbocycles. The van der Waals surface area contributed by atoms with Crippen LogP contribution >= 0.6 is 11.3 Å². The van der Waals surface area contributed by atoms with Crippen LogP contribution in [0.25, 0.3) is 23.1 Å². The first kappa shape index (κ1) is 21.3. The normalized spacial score (nSPS) is 11.2. The Kier molecular flexibility index (Phi) is 5.74. The number of para-hydroxylation sites is 1. The average Bonchev–Trinajstić information content (AvgIpc) is 3.21. The van der Waals surface area contributed by atoms with Gasteiger partial charge in [-0.3, -0.25) is 9.69 Å². The van der Waals surface area contributed by atoms with Gasteiger partial charge < -0.3 is 5.11 Å². The second-order valence-electron chi connectivity index (χ2n) is 6.76. The molecule has 0 spiro atoms. The van der Waals surface area contributed by atoms with E-state index < -0.39 is 23.5 Å². The number of thiazole rings is 1. The number of hydrogen-bond acceptors (Lipinski definition) is 5. The van der Waals surface area contributed by atoms with Crippen LogP contribution in [0.1, 0.15) is 28.7 Å². The van der Waals surface area contributed by atoms with E-state index >= 15 is 0 Å². The second-order valence-corrected chi connectivity index (χ2v) is 7.59. The standard InChI is InChI=1S/C23H15F2N3O3S/c1-13(29)28(21-9-6-14(24)10-19(21)25)23-27-16(12-32-23)8-7-15-11-18(22(30)31)17-4-2-3-5-20(17)26-15/h2-12H,1H3,(H,30,31)/b8-7+. The number of rotatable bonds is 5. The van der Waals surface area contributed by atoms with Gasteiger partial charge in [0.2, 0.25) is 5.91 Å². The molecule has 160 valence electrons. The Bertz CT molecular complexity index is 1380. The number of amides is 1. The largest absolute Gasteiger partial charge is 0.478 e. The molecule has 6 nitrogen and oxygen atoms in total. The number of fused-ring (bicyclic) bond motifs is 1. The number of pyridine rings is 1. The van der Waals surface area contributed by atoms with Crippen LogP contribution in [0.3, 0.4) is 0 Å². The van der Waals surface area contributed by atoms with Crippen molar-refractivity contribution in [3.05, 3.63) is 82.5 Å². The number of halogens is 2. The van der Waals surface area contributed by atoms with Crippen LogP contribution in [0.15, 0.2) is 53.9 Å². The van der Waals surface area contributed by atoms with Gasteiger partial charge in [-0.25, -0.2) is 23.5 Å². The lowest BCUT2D eigenvalue weighted by atomic mass is 10.1. The van der Waals surface area contributed by atoms with E-state index in [2.05, 4.69) is 9.97 Å². The Morgan fingerprint density at radius 3 is 2.50 bits per heavy atom. The number of benzene rings is 2. The summed E-state index contributed by atoms with van der Waals surface area (Å²) in [4.78, 5) is 33.6. The van der Waals surface area contributed by atoms with E-state index in [1.165, 1.54) is 19.1 Å². The van der Waals surface area contributed by atoms with Gasteiger partial charge >= 0.3 is 5.97 Å². The van der Waals surface area contributed by atoms with Gasteiger partial charge in [-0.1, -0.05) is 18.2 Å². The van der Waals surface area contributed by atoms with Crippen LogP contribution in [0.5, 0.6) is 0 Å². The van der Waals surface area contributed by atoms with E-state index in [-0.39, 0.29) is 16.4 Å². The Labute approximate surface area is 185 Å². The van der Waals surface area contributed by atoms with Gasteiger partial charge in [-0.15, -0.1) is 11.3 Å². The number of carboxylic acids is 1. The predicted molar refractivity (Wildman–Crippen MR) is 119 cm³/mol. The van der Waals surface area contributed by atoms with Crippen LogP contribution in [0.2, 0.25) is 0 Å². The fraction of sp³-hybridized carbons (Fsp3) is 0.0435. The lowest BCUT2D eigenvalue weighted by molar-refractivity contribution is -0.115. The van der Waals surface area contributed by atoms with Crippen LogP contribution < -0.4 is 4.90 Å². The highest BCUT2D eigenvalue weighted by atomic mass is 32.1. The molecule has 0 radical (unpaired) electrons. The van der Waals surface area contributed by atoms with Gasteiger partial charge in [-0.05, 0) is 36.4 Å². The molecular formula is C23H15F2N3O3S. The molecule has 4 rings (SSSR count). The summed E-state index contributed by atoms with van der Waals surface area (Å²) < 4.78 is 27.5. The Morgan fingerprint density at radius 1 is 1.03 bits per heavy atom. The third kappa shape index (κ3) is 4.23. The van der Waals surface area contributed by atoms with Crippen molar-refractivity contribution >= 4 is 57.1 Å². The molecule has 1 N–H and O–H groups in total. The number of aromatic carboxylic acids is 1. The second kappa shape index (κ2) is 8.64. The molecule has 2 heterocycles. The zero-order valence-corrected chi connectivity index (χ0v) is 17.4. The molecule has 0 atom stereocenters. The average molecular weight is 451 g/mol. The molecular weight excluding hydrogens is 436 g/mol. The van der Waals surface area contributed by atoms with Crippen molar-refractivity contribution < 1.29 is 23.5 Å². The third-order valence-electron chi connectivity index (χ3n) is 4.56. The monoisotopic (exact) mass is 451 g/mol. The van der Waals surface area contributed by atoms with Crippen molar-refractivity contribution in [2.24, 2.45) is 0 Å². The Morgan fingerprint density at radius 2 is 1.78 bits per heavy atom. The number of carbonyl (C=O) groups is 2. The Balaban J connectivity index is 1.67. The minimum atomic E-state index is -1.06. The van der Waals surface area contributed by atoms with Crippen molar-refractivity contribution in [3.8, 4) is 0 Å². The lowest BCUT2D eigenvalue weighted by Gasteiger charge is -2.18. The SMILES string of the molecule is CC(=O)N(c1nc(/C=C/c2cc(C(=O)O)c3ccccc3n2)cs1)c1ccc(F)cc1F. The van der Waals surface area contributed by atoms with Crippen molar-refractivity contribution in [2.45, 2.75) is 6.92 Å². The molecule has 32 heavy (non-hydrogen) atoms. The summed E-state index contributed by atoms with van der Waals surface area (Å²) in [5, 5.41) is 11.9. The molecule has 2 aromatic heterocycles. The summed E-state index contributed by atoms with van der Waals surface area (Å²) in [5.74, 6) is -3.18. The van der Waals surface area contributed by atoms with E-state index in [1.807, 2.05) is 0 Å². The van der Waals surface area contributed by atoms with Crippen molar-refractivity contribution in [2.75, 3.05) is 4.90 Å². The number of carboxylic acid groups (broad SMARTS) is 1. The highest BCUT2D eigenvalue weighted by molar-refractivity contribution is 7.14. The Hall–Kier alpha value is -3.98. The summed E-state index contributed by atoms with van der Waals surface area (Å²) in [6.45, 7) is 1.26. The van der Waals surface area contributed by atoms with E-state index in [4.69, 9.17) is 0 Å². The van der Waals surface area contributed by atoms with Crippen molar-refractivity contribution in [3.63, 3.8) is 0 Å². The highest BCUT2D eigenvalue weighted by Crippen LogP contribution is 2.31. The zero-order chi connectivity index (χ0) is 22.8. The first-order chi connectivity index (χ1) is 15.3. The number of aromatic nitrogens is 2. The van der Waals surface area contributed by atoms with Crippen LogP contribution in [0.4, 0.5) is 19.6 Å². The van der Waals surface area contributed by atoms with Gasteiger partial charge in [0.25, 0.3) is 0 Å². The molecule has 9 heteroatoms. The highest BCUT2D eigenvalue weighted by Gasteiger charge is 2.21. The van der Waals surface area contributed by atoms with Gasteiger partial charge in [0.05, 0.1) is 28.2 Å². The number of carbonyl (C=O) groups excluding carboxylic acids is 1. The summed E-state index contributed by atoms with van der Waals surface area (Å²) in [5.41, 5.74) is 1.45. The predicted octanol–water partition coefficient (Wildman–Crippen LogP) is 5.52. The molecule has 0 fully saturated rings. The molecule has 0 aliphatic rings. The van der Waals surface area contributed by atoms with Gasteiger partial charge in [-0.2, -0.15) is 0 Å². The third-order valence-corrected chi connectivity index (χ3v) is 5.40. The fourth-order valence-corrected chi connectivity index (χ4v) is 4.00. The van der Waals surface area contributed by atoms with Crippen LogP contribution in [-0.2, 0) is 4.79 Å². The minimum Gasteiger partial charge on any atom is -0.478 e. The lowest BCUT2D eigenvalue weighted by Crippen LogP contribution is -2.23. The maximum Gasteiger partial charge on any atom is 0.336 e. The smallest absolute Gasteiger partial charge is 0.336 e. The molecule has 2 aromatic carbocycles. The van der Waals surface area contributed by atoms with Crippen molar-refractivity contribution in [1.29, 1.82) is 0 Å². The van der Waals surface area contributed by atoms with Gasteiger partial charge in [0.15, 0.2) is 5.13 Å². The first-order valence-electron chi connectivity index (χ1n) is 9.36. The first-order valence-corrected chi connectivity index (χ1v) is 10.2. The van der Waals surface area contributed by atoms with Gasteiger partial charge in [0, 0.05) is 23.8 Å². The molecule has 0 saturated heterocycles. The number of hydrogen-bond donors (Lipinski definition) is 1. The fourth-order valence-electron chi connectivity index (χ4n) is 3.15. The summed E-state index contributed by atoms with van der Waals surface area (Å²) in [7, 11) is 0. The van der Waals surface area contributed by atoms with Gasteiger partial charge in [0.1, 0.15) is 11.6 Å². The molecule has 1 amide bonds. The summed E-state index contributed by atoms with van der Waals surface area (Å²) >= 11 is 1.11. The van der Waals surface area contributed by atoms with Crippen LogP contribution in [0, 0.1) is 11.6 Å². The molecule has 0 aliphatic heterocycles. The number of anilines is 2. The topological polar surface area (TPSA) is 83.4 Å².